The number of hydrogen-bond donors (Lipinski definition) is 1. The molecule has 0 saturated carbocycles. The summed E-state index contributed by atoms with van der Waals surface area (Å²) in [7, 11) is 0. The molecule has 1 aromatic carbocycles. The summed E-state index contributed by atoms with van der Waals surface area (Å²) in [6.45, 7) is 5.77. The van der Waals surface area contributed by atoms with E-state index in [0.717, 1.165) is 12.1 Å². The lowest BCUT2D eigenvalue weighted by Crippen LogP contribution is -2.22. The van der Waals surface area contributed by atoms with Gasteiger partial charge in [-0.2, -0.15) is 13.2 Å². The quantitative estimate of drug-likeness (QED) is 0.845. The minimum atomic E-state index is -4.60. The van der Waals surface area contributed by atoms with Gasteiger partial charge in [-0.05, 0) is 39.0 Å². The van der Waals surface area contributed by atoms with E-state index < -0.39 is 23.3 Å². The summed E-state index contributed by atoms with van der Waals surface area (Å²) in [5.41, 5.74) is -1.93. The SMILES string of the molecule is CC(C)(C)OCCOc1ccc(C(F)(F)F)cc1C(=O)O. The van der Waals surface area contributed by atoms with Crippen molar-refractivity contribution in [2.45, 2.75) is 32.5 Å². The molecule has 0 unspecified atom stereocenters. The van der Waals surface area contributed by atoms with E-state index in [2.05, 4.69) is 0 Å². The van der Waals surface area contributed by atoms with E-state index >= 15 is 0 Å². The standard InChI is InChI=1S/C14H17F3O4/c1-13(2,3)21-7-6-20-11-5-4-9(14(15,16)17)8-10(11)12(18)19/h4-5,8H,6-7H2,1-3H3,(H,18,19). The third-order valence-corrected chi connectivity index (χ3v) is 2.41. The van der Waals surface area contributed by atoms with Crippen LogP contribution in [0.5, 0.6) is 5.75 Å². The van der Waals surface area contributed by atoms with Gasteiger partial charge in [0, 0.05) is 0 Å². The molecule has 0 heterocycles. The summed E-state index contributed by atoms with van der Waals surface area (Å²) in [5, 5.41) is 8.96. The Bertz CT molecular complexity index is 504. The second-order valence-corrected chi connectivity index (χ2v) is 5.32. The number of carboxylic acid groups (broad SMARTS) is 1. The molecule has 0 aromatic heterocycles. The van der Waals surface area contributed by atoms with Gasteiger partial charge >= 0.3 is 12.1 Å². The predicted octanol–water partition coefficient (Wildman–Crippen LogP) is 3.60. The van der Waals surface area contributed by atoms with Crippen LogP contribution in [0.3, 0.4) is 0 Å². The van der Waals surface area contributed by atoms with Crippen molar-refractivity contribution in [1.29, 1.82) is 0 Å². The number of hydrogen-bond acceptors (Lipinski definition) is 3. The van der Waals surface area contributed by atoms with Gasteiger partial charge in [-0.3, -0.25) is 0 Å². The maximum absolute atomic E-state index is 12.5. The van der Waals surface area contributed by atoms with Crippen molar-refractivity contribution in [3.63, 3.8) is 0 Å². The summed E-state index contributed by atoms with van der Waals surface area (Å²) in [6, 6.07) is 2.35. The molecule has 0 atom stereocenters. The Morgan fingerprint density at radius 3 is 2.29 bits per heavy atom. The lowest BCUT2D eigenvalue weighted by molar-refractivity contribution is -0.137. The van der Waals surface area contributed by atoms with Crippen molar-refractivity contribution in [3.8, 4) is 5.75 Å². The average molecular weight is 306 g/mol. The van der Waals surface area contributed by atoms with E-state index in [9.17, 15) is 18.0 Å². The fourth-order valence-corrected chi connectivity index (χ4v) is 1.50. The Labute approximate surface area is 120 Å². The molecule has 1 N–H and O–H groups in total. The van der Waals surface area contributed by atoms with E-state index in [1.807, 2.05) is 20.8 Å². The van der Waals surface area contributed by atoms with E-state index in [-0.39, 0.29) is 24.6 Å². The highest BCUT2D eigenvalue weighted by Crippen LogP contribution is 2.32. The van der Waals surface area contributed by atoms with Gasteiger partial charge in [-0.1, -0.05) is 0 Å². The first-order valence-electron chi connectivity index (χ1n) is 6.22. The van der Waals surface area contributed by atoms with Crippen LogP contribution in [0.25, 0.3) is 0 Å². The van der Waals surface area contributed by atoms with Gasteiger partial charge in [0.2, 0.25) is 0 Å². The van der Waals surface area contributed by atoms with Gasteiger partial charge in [0.25, 0.3) is 0 Å². The largest absolute Gasteiger partial charge is 0.490 e. The molecule has 0 aliphatic heterocycles. The van der Waals surface area contributed by atoms with Crippen molar-refractivity contribution >= 4 is 5.97 Å². The summed E-state index contributed by atoms with van der Waals surface area (Å²) in [5.74, 6) is -1.60. The van der Waals surface area contributed by atoms with Crippen LogP contribution in [0, 0.1) is 0 Å². The topological polar surface area (TPSA) is 55.8 Å². The summed E-state index contributed by atoms with van der Waals surface area (Å²) in [4.78, 5) is 11.0. The molecule has 4 nitrogen and oxygen atoms in total. The van der Waals surface area contributed by atoms with Gasteiger partial charge in [-0.25, -0.2) is 4.79 Å². The Hall–Kier alpha value is -1.76. The fourth-order valence-electron chi connectivity index (χ4n) is 1.50. The molecule has 118 valence electrons. The summed E-state index contributed by atoms with van der Waals surface area (Å²) in [6.07, 6.45) is -4.60. The minimum absolute atomic E-state index is 0.0446. The van der Waals surface area contributed by atoms with Gasteiger partial charge in [0.1, 0.15) is 17.9 Å². The molecule has 21 heavy (non-hydrogen) atoms. The first kappa shape index (κ1) is 17.3. The van der Waals surface area contributed by atoms with E-state index in [1.165, 1.54) is 0 Å². The molecule has 0 aliphatic rings. The Kier molecular flexibility index (Phi) is 5.22. The van der Waals surface area contributed by atoms with Crippen molar-refractivity contribution in [2.24, 2.45) is 0 Å². The first-order chi connectivity index (χ1) is 9.50. The van der Waals surface area contributed by atoms with Crippen LogP contribution in [0.1, 0.15) is 36.7 Å². The number of ether oxygens (including phenoxy) is 2. The highest BCUT2D eigenvalue weighted by atomic mass is 19.4. The van der Waals surface area contributed by atoms with Crippen LogP contribution < -0.4 is 4.74 Å². The number of rotatable bonds is 5. The molecule has 0 spiro atoms. The molecular weight excluding hydrogens is 289 g/mol. The molecule has 1 rings (SSSR count). The molecule has 0 radical (unpaired) electrons. The third kappa shape index (κ3) is 5.63. The highest BCUT2D eigenvalue weighted by molar-refractivity contribution is 5.91. The zero-order valence-electron chi connectivity index (χ0n) is 12.0. The molecule has 0 amide bonds. The third-order valence-electron chi connectivity index (χ3n) is 2.41. The van der Waals surface area contributed by atoms with Crippen LogP contribution in [0.4, 0.5) is 13.2 Å². The second kappa shape index (κ2) is 6.34. The summed E-state index contributed by atoms with van der Waals surface area (Å²) < 4.78 is 48.2. The van der Waals surface area contributed by atoms with Gasteiger partial charge in [-0.15, -0.1) is 0 Å². The van der Waals surface area contributed by atoms with Crippen molar-refractivity contribution in [3.05, 3.63) is 29.3 Å². The average Bonchev–Trinajstić information content (AvgIpc) is 2.32. The molecule has 0 aliphatic carbocycles. The van der Waals surface area contributed by atoms with Gasteiger partial charge in [0.05, 0.1) is 17.8 Å². The van der Waals surface area contributed by atoms with Crippen LogP contribution in [0.2, 0.25) is 0 Å². The number of benzene rings is 1. The zero-order chi connectivity index (χ0) is 16.3. The highest BCUT2D eigenvalue weighted by Gasteiger charge is 2.32. The van der Waals surface area contributed by atoms with Gasteiger partial charge < -0.3 is 14.6 Å². The molecule has 0 fully saturated rings. The Balaban J connectivity index is 2.81. The van der Waals surface area contributed by atoms with E-state index in [1.54, 1.807) is 0 Å². The molecule has 0 saturated heterocycles. The van der Waals surface area contributed by atoms with Crippen LogP contribution in [-0.2, 0) is 10.9 Å². The first-order valence-corrected chi connectivity index (χ1v) is 6.22. The lowest BCUT2D eigenvalue weighted by Gasteiger charge is -2.20. The molecule has 7 heteroatoms. The van der Waals surface area contributed by atoms with Crippen molar-refractivity contribution < 1.29 is 32.5 Å². The van der Waals surface area contributed by atoms with Crippen LogP contribution in [-0.4, -0.2) is 29.9 Å². The monoisotopic (exact) mass is 306 g/mol. The maximum atomic E-state index is 12.5. The smallest absolute Gasteiger partial charge is 0.416 e. The number of carbonyl (C=O) groups is 1. The van der Waals surface area contributed by atoms with E-state index in [4.69, 9.17) is 14.6 Å². The number of carboxylic acids is 1. The summed E-state index contributed by atoms with van der Waals surface area (Å²) >= 11 is 0. The van der Waals surface area contributed by atoms with Crippen molar-refractivity contribution in [2.75, 3.05) is 13.2 Å². The van der Waals surface area contributed by atoms with E-state index in [0.29, 0.717) is 6.07 Å². The lowest BCUT2D eigenvalue weighted by atomic mass is 10.1. The minimum Gasteiger partial charge on any atom is -0.490 e. The normalized spacial score (nSPS) is 12.3. The predicted molar refractivity (Wildman–Crippen MR) is 69.6 cm³/mol. The van der Waals surface area contributed by atoms with Crippen LogP contribution >= 0.6 is 0 Å². The second-order valence-electron chi connectivity index (χ2n) is 5.32. The number of aromatic carboxylic acids is 1. The zero-order valence-corrected chi connectivity index (χ0v) is 12.0. The van der Waals surface area contributed by atoms with Crippen molar-refractivity contribution in [1.82, 2.24) is 0 Å². The number of alkyl halides is 3. The van der Waals surface area contributed by atoms with Crippen LogP contribution in [0.15, 0.2) is 18.2 Å². The Morgan fingerprint density at radius 1 is 1.19 bits per heavy atom. The maximum Gasteiger partial charge on any atom is 0.416 e. The molecular formula is C14H17F3O4. The Morgan fingerprint density at radius 2 is 1.81 bits per heavy atom. The number of halogens is 3. The molecule has 0 bridgehead atoms. The van der Waals surface area contributed by atoms with Gasteiger partial charge in [0.15, 0.2) is 0 Å². The fraction of sp³-hybridized carbons (Fsp3) is 0.500. The molecule has 1 aromatic rings.